The fourth-order valence-corrected chi connectivity index (χ4v) is 2.60. The minimum Gasteiger partial charge on any atom is -0.351 e. The highest BCUT2D eigenvalue weighted by atomic mass is 35.5. The number of carbonyl (C=O) groups excluding carboxylic acids is 1. The van der Waals surface area contributed by atoms with Crippen LogP contribution in [0.2, 0.25) is 0 Å². The Bertz CT molecular complexity index is 640. The zero-order valence-electron chi connectivity index (χ0n) is 12.9. The third-order valence-electron chi connectivity index (χ3n) is 3.75. The van der Waals surface area contributed by atoms with Gasteiger partial charge in [0, 0.05) is 30.7 Å². The van der Waals surface area contributed by atoms with E-state index >= 15 is 0 Å². The Morgan fingerprint density at radius 2 is 2.22 bits per heavy atom. The molecule has 8 heteroatoms. The number of rotatable bonds is 4. The van der Waals surface area contributed by atoms with E-state index in [2.05, 4.69) is 20.6 Å². The van der Waals surface area contributed by atoms with Gasteiger partial charge < -0.3 is 10.6 Å². The highest BCUT2D eigenvalue weighted by Crippen LogP contribution is 2.13. The lowest BCUT2D eigenvalue weighted by Crippen LogP contribution is -2.40. The van der Waals surface area contributed by atoms with E-state index in [4.69, 9.17) is 0 Å². The highest BCUT2D eigenvalue weighted by Gasteiger charge is 2.21. The van der Waals surface area contributed by atoms with Gasteiger partial charge in [-0.25, -0.2) is 9.97 Å². The van der Waals surface area contributed by atoms with E-state index in [1.165, 1.54) is 0 Å². The van der Waals surface area contributed by atoms with E-state index in [-0.39, 0.29) is 36.8 Å². The van der Waals surface area contributed by atoms with Crippen LogP contribution in [0, 0.1) is 6.92 Å². The van der Waals surface area contributed by atoms with Crippen molar-refractivity contribution in [1.29, 1.82) is 0 Å². The van der Waals surface area contributed by atoms with Crippen LogP contribution in [0.25, 0.3) is 5.82 Å². The number of aryl methyl sites for hydroxylation is 1. The molecule has 23 heavy (non-hydrogen) atoms. The van der Waals surface area contributed by atoms with E-state index in [1.807, 2.05) is 29.8 Å². The van der Waals surface area contributed by atoms with Gasteiger partial charge in [-0.1, -0.05) is 6.07 Å². The summed E-state index contributed by atoms with van der Waals surface area (Å²) in [6, 6.07) is 3.80. The van der Waals surface area contributed by atoms with Crippen molar-refractivity contribution >= 4 is 30.7 Å². The van der Waals surface area contributed by atoms with Crippen molar-refractivity contribution in [1.82, 2.24) is 25.2 Å². The van der Waals surface area contributed by atoms with Gasteiger partial charge in [0.25, 0.3) is 0 Å². The van der Waals surface area contributed by atoms with Crippen LogP contribution in [0.15, 0.2) is 30.7 Å². The van der Waals surface area contributed by atoms with Gasteiger partial charge in [0.1, 0.15) is 11.6 Å². The molecule has 3 heterocycles. The van der Waals surface area contributed by atoms with Crippen LogP contribution in [0.5, 0.6) is 0 Å². The molecule has 0 saturated carbocycles. The molecule has 1 amide bonds. The first-order valence-electron chi connectivity index (χ1n) is 7.21. The minimum atomic E-state index is -0.0555. The molecule has 1 aliphatic heterocycles. The van der Waals surface area contributed by atoms with Crippen molar-refractivity contribution in [2.24, 2.45) is 0 Å². The predicted molar refractivity (Wildman–Crippen MR) is 93.5 cm³/mol. The fraction of sp³-hybridized carbons (Fsp3) is 0.400. The second-order valence-corrected chi connectivity index (χ2v) is 5.20. The predicted octanol–water partition coefficient (Wildman–Crippen LogP) is 1.79. The van der Waals surface area contributed by atoms with Crippen LogP contribution in [-0.4, -0.2) is 33.0 Å². The summed E-state index contributed by atoms with van der Waals surface area (Å²) >= 11 is 0. The number of halogens is 2. The Kier molecular flexibility index (Phi) is 7.48. The molecule has 6 nitrogen and oxygen atoms in total. The molecule has 1 unspecified atom stereocenters. The van der Waals surface area contributed by atoms with Crippen molar-refractivity contribution in [3.63, 3.8) is 0 Å². The van der Waals surface area contributed by atoms with Gasteiger partial charge in [0.15, 0.2) is 0 Å². The van der Waals surface area contributed by atoms with Crippen LogP contribution >= 0.6 is 24.8 Å². The lowest BCUT2D eigenvalue weighted by Gasteiger charge is -2.14. The lowest BCUT2D eigenvalue weighted by molar-refractivity contribution is -0.122. The van der Waals surface area contributed by atoms with Gasteiger partial charge in [0.05, 0.1) is 6.04 Å². The zero-order valence-corrected chi connectivity index (χ0v) is 14.5. The summed E-state index contributed by atoms with van der Waals surface area (Å²) in [5.41, 5.74) is 0.977. The Balaban J connectivity index is 0.00000132. The average molecular weight is 358 g/mol. The summed E-state index contributed by atoms with van der Waals surface area (Å²) < 4.78 is 1.93. The van der Waals surface area contributed by atoms with Crippen LogP contribution in [0.3, 0.4) is 0 Å². The molecule has 1 aliphatic rings. The van der Waals surface area contributed by atoms with Crippen molar-refractivity contribution in [3.05, 3.63) is 42.1 Å². The minimum absolute atomic E-state index is 0. The first kappa shape index (κ1) is 19.4. The number of aromatic nitrogens is 3. The van der Waals surface area contributed by atoms with E-state index < -0.39 is 0 Å². The van der Waals surface area contributed by atoms with Gasteiger partial charge in [-0.3, -0.25) is 9.36 Å². The van der Waals surface area contributed by atoms with Gasteiger partial charge in [-0.05, 0) is 32.4 Å². The maximum Gasteiger partial charge on any atom is 0.237 e. The van der Waals surface area contributed by atoms with Crippen molar-refractivity contribution in [2.75, 3.05) is 6.54 Å². The number of nitrogens with one attached hydrogen (secondary N) is 2. The first-order valence-corrected chi connectivity index (χ1v) is 7.21. The van der Waals surface area contributed by atoms with Crippen LogP contribution in [0.4, 0.5) is 0 Å². The highest BCUT2D eigenvalue weighted by molar-refractivity contribution is 5.85. The largest absolute Gasteiger partial charge is 0.351 e. The van der Waals surface area contributed by atoms with Gasteiger partial charge in [-0.2, -0.15) is 0 Å². The molecule has 0 spiro atoms. The quantitative estimate of drug-likeness (QED) is 0.874. The molecule has 3 rings (SSSR count). The second kappa shape index (κ2) is 8.86. The van der Waals surface area contributed by atoms with Crippen molar-refractivity contribution in [2.45, 2.75) is 32.4 Å². The summed E-state index contributed by atoms with van der Waals surface area (Å²) in [7, 11) is 0. The molecule has 0 radical (unpaired) electrons. The number of pyridine rings is 1. The number of amides is 1. The third kappa shape index (κ3) is 4.43. The van der Waals surface area contributed by atoms with E-state index in [0.29, 0.717) is 6.54 Å². The lowest BCUT2D eigenvalue weighted by atomic mass is 10.2. The average Bonchev–Trinajstić information content (AvgIpc) is 3.16. The Morgan fingerprint density at radius 1 is 1.39 bits per heavy atom. The molecule has 0 aliphatic carbocycles. The summed E-state index contributed by atoms with van der Waals surface area (Å²) in [4.78, 5) is 20.7. The van der Waals surface area contributed by atoms with Gasteiger partial charge in [0.2, 0.25) is 5.91 Å². The molecule has 2 aromatic heterocycles. The molecular formula is C15H21Cl2N5O. The summed E-state index contributed by atoms with van der Waals surface area (Å²) in [6.45, 7) is 3.32. The smallest absolute Gasteiger partial charge is 0.237 e. The summed E-state index contributed by atoms with van der Waals surface area (Å²) in [6.07, 6.45) is 7.34. The summed E-state index contributed by atoms with van der Waals surface area (Å²) in [5, 5.41) is 6.19. The molecule has 2 aromatic rings. The first-order chi connectivity index (χ1) is 10.3. The molecule has 126 valence electrons. The zero-order chi connectivity index (χ0) is 14.7. The number of nitrogens with zero attached hydrogens (tertiary/aromatic N) is 3. The number of hydrogen-bond acceptors (Lipinski definition) is 4. The molecule has 2 N–H and O–H groups in total. The number of hydrogen-bond donors (Lipinski definition) is 2. The van der Waals surface area contributed by atoms with Gasteiger partial charge in [-0.15, -0.1) is 24.8 Å². The normalized spacial score (nSPS) is 16.3. The standard InChI is InChI=1S/C15H19N5O.2ClH/c1-11-16-8-9-20(11)14-12(4-2-7-18-14)10-19-15(21)13-5-3-6-17-13;;/h2,4,7-9,13,17H,3,5-6,10H2,1H3,(H,19,21);2*1H. The third-order valence-corrected chi connectivity index (χ3v) is 3.75. The fourth-order valence-electron chi connectivity index (χ4n) is 2.60. The van der Waals surface area contributed by atoms with E-state index in [1.54, 1.807) is 12.4 Å². The molecule has 0 aromatic carbocycles. The van der Waals surface area contributed by atoms with Crippen molar-refractivity contribution in [3.8, 4) is 5.82 Å². The summed E-state index contributed by atoms with van der Waals surface area (Å²) in [5.74, 6) is 1.75. The van der Waals surface area contributed by atoms with Crippen molar-refractivity contribution < 1.29 is 4.79 Å². The maximum atomic E-state index is 12.1. The van der Waals surface area contributed by atoms with E-state index in [0.717, 1.165) is 36.6 Å². The molecule has 1 fully saturated rings. The Labute approximate surface area is 147 Å². The molecule has 0 bridgehead atoms. The van der Waals surface area contributed by atoms with E-state index in [9.17, 15) is 4.79 Å². The maximum absolute atomic E-state index is 12.1. The molecular weight excluding hydrogens is 337 g/mol. The monoisotopic (exact) mass is 357 g/mol. The molecule has 1 saturated heterocycles. The van der Waals surface area contributed by atoms with Gasteiger partial charge >= 0.3 is 0 Å². The number of carbonyl (C=O) groups is 1. The SMILES string of the molecule is Cc1nccn1-c1ncccc1CNC(=O)C1CCCN1.Cl.Cl. The number of imidazole rings is 1. The molecule has 1 atom stereocenters. The Hall–Kier alpha value is -1.63. The van der Waals surface area contributed by atoms with Crippen LogP contribution in [0.1, 0.15) is 24.2 Å². The Morgan fingerprint density at radius 3 is 2.87 bits per heavy atom. The van der Waals surface area contributed by atoms with Crippen LogP contribution < -0.4 is 10.6 Å². The van der Waals surface area contributed by atoms with Crippen LogP contribution in [-0.2, 0) is 11.3 Å². The second-order valence-electron chi connectivity index (χ2n) is 5.20. The topological polar surface area (TPSA) is 71.8 Å².